The number of amides is 1. The highest BCUT2D eigenvalue weighted by atomic mass is 32.2. The Balaban J connectivity index is 1.94. The van der Waals surface area contributed by atoms with Crippen LogP contribution in [-0.4, -0.2) is 51.4 Å². The van der Waals surface area contributed by atoms with Crippen LogP contribution in [0.4, 0.5) is 5.69 Å². The molecule has 0 fully saturated rings. The van der Waals surface area contributed by atoms with E-state index in [0.29, 0.717) is 25.2 Å². The van der Waals surface area contributed by atoms with Crippen molar-refractivity contribution < 1.29 is 13.2 Å². The first kappa shape index (κ1) is 22.9. The van der Waals surface area contributed by atoms with E-state index in [4.69, 9.17) is 0 Å². The number of sulfonamides is 1. The predicted octanol–water partition coefficient (Wildman–Crippen LogP) is 3.36. The summed E-state index contributed by atoms with van der Waals surface area (Å²) < 4.78 is 26.7. The normalized spacial score (nSPS) is 11.4. The molecule has 0 saturated heterocycles. The van der Waals surface area contributed by atoms with Crippen LogP contribution in [0.5, 0.6) is 0 Å². The molecular weight excluding hydrogens is 386 g/mol. The lowest BCUT2D eigenvalue weighted by atomic mass is 10.2. The van der Waals surface area contributed by atoms with E-state index >= 15 is 0 Å². The highest BCUT2D eigenvalue weighted by Gasteiger charge is 2.22. The Labute approximate surface area is 174 Å². The van der Waals surface area contributed by atoms with Gasteiger partial charge in [-0.3, -0.25) is 4.79 Å². The molecule has 0 atom stereocenters. The second kappa shape index (κ2) is 11.0. The van der Waals surface area contributed by atoms with E-state index in [0.717, 1.165) is 25.2 Å². The molecule has 2 aromatic rings. The number of benzene rings is 2. The molecule has 7 heteroatoms. The van der Waals surface area contributed by atoms with Crippen LogP contribution in [0.25, 0.3) is 0 Å². The maximum absolute atomic E-state index is 12.7. The van der Waals surface area contributed by atoms with E-state index in [1.807, 2.05) is 18.2 Å². The van der Waals surface area contributed by atoms with Crippen molar-refractivity contribution in [2.45, 2.75) is 32.1 Å². The Bertz CT molecular complexity index is 881. The number of hydrogen-bond acceptors (Lipinski definition) is 4. The molecule has 0 aliphatic heterocycles. The lowest BCUT2D eigenvalue weighted by molar-refractivity contribution is 0.0953. The van der Waals surface area contributed by atoms with Gasteiger partial charge in [0.05, 0.1) is 4.90 Å². The molecule has 29 heavy (non-hydrogen) atoms. The van der Waals surface area contributed by atoms with Crippen molar-refractivity contribution in [2.75, 3.05) is 37.6 Å². The molecule has 2 rings (SSSR count). The van der Waals surface area contributed by atoms with Gasteiger partial charge in [0.2, 0.25) is 10.0 Å². The van der Waals surface area contributed by atoms with E-state index < -0.39 is 10.0 Å². The van der Waals surface area contributed by atoms with Gasteiger partial charge < -0.3 is 10.2 Å². The van der Waals surface area contributed by atoms with Crippen molar-refractivity contribution >= 4 is 21.6 Å². The van der Waals surface area contributed by atoms with Crippen LogP contribution < -0.4 is 10.2 Å². The van der Waals surface area contributed by atoms with E-state index in [-0.39, 0.29) is 10.8 Å². The minimum atomic E-state index is -3.58. The smallest absolute Gasteiger partial charge is 0.251 e. The summed E-state index contributed by atoms with van der Waals surface area (Å²) in [5, 5.41) is 2.89. The zero-order valence-electron chi connectivity index (χ0n) is 17.5. The number of carbonyl (C=O) groups excluding carboxylic acids is 1. The molecule has 2 aromatic carbocycles. The molecule has 1 N–H and O–H groups in total. The first-order chi connectivity index (χ1) is 13.9. The fraction of sp³-hybridized carbons (Fsp3) is 0.409. The summed E-state index contributed by atoms with van der Waals surface area (Å²) in [5.41, 5.74) is 1.52. The van der Waals surface area contributed by atoms with Gasteiger partial charge in [-0.2, -0.15) is 4.31 Å². The first-order valence-corrected chi connectivity index (χ1v) is 11.6. The molecule has 1 amide bonds. The Morgan fingerprint density at radius 2 is 1.62 bits per heavy atom. The average Bonchev–Trinajstić information content (AvgIpc) is 2.75. The Morgan fingerprint density at radius 1 is 0.931 bits per heavy atom. The maximum Gasteiger partial charge on any atom is 0.251 e. The molecule has 0 radical (unpaired) electrons. The van der Waals surface area contributed by atoms with Gasteiger partial charge in [-0.15, -0.1) is 0 Å². The molecule has 0 heterocycles. The number of rotatable bonds is 11. The van der Waals surface area contributed by atoms with Crippen molar-refractivity contribution in [3.63, 3.8) is 0 Å². The topological polar surface area (TPSA) is 69.7 Å². The van der Waals surface area contributed by atoms with Gasteiger partial charge in [0.25, 0.3) is 5.91 Å². The molecule has 0 aliphatic rings. The Hall–Kier alpha value is -2.38. The fourth-order valence-electron chi connectivity index (χ4n) is 3.19. The molecule has 0 spiro atoms. The summed E-state index contributed by atoms with van der Waals surface area (Å²) in [6.45, 7) is 8.73. The number of nitrogens with one attached hydrogen (secondary N) is 1. The van der Waals surface area contributed by atoms with Gasteiger partial charge >= 0.3 is 0 Å². The van der Waals surface area contributed by atoms with Gasteiger partial charge in [-0.1, -0.05) is 38.1 Å². The van der Waals surface area contributed by atoms with Crippen molar-refractivity contribution in [3.8, 4) is 0 Å². The minimum absolute atomic E-state index is 0.148. The number of anilines is 1. The quantitative estimate of drug-likeness (QED) is 0.569. The van der Waals surface area contributed by atoms with Crippen molar-refractivity contribution in [1.82, 2.24) is 9.62 Å². The van der Waals surface area contributed by atoms with Gasteiger partial charge in [-0.25, -0.2) is 8.42 Å². The zero-order chi connectivity index (χ0) is 21.3. The first-order valence-electron chi connectivity index (χ1n) is 10.1. The SMILES string of the molecule is CCN(CCCNC(=O)c1cccc(S(=O)(=O)N(CC)CC)c1)c1ccccc1. The van der Waals surface area contributed by atoms with Crippen molar-refractivity contribution in [3.05, 3.63) is 60.2 Å². The monoisotopic (exact) mass is 417 g/mol. The van der Waals surface area contributed by atoms with Crippen LogP contribution >= 0.6 is 0 Å². The maximum atomic E-state index is 12.7. The Kier molecular flexibility index (Phi) is 8.67. The van der Waals surface area contributed by atoms with E-state index in [1.54, 1.807) is 26.0 Å². The van der Waals surface area contributed by atoms with Crippen LogP contribution in [0.15, 0.2) is 59.5 Å². The van der Waals surface area contributed by atoms with Gasteiger partial charge in [0.15, 0.2) is 0 Å². The summed E-state index contributed by atoms with van der Waals surface area (Å²) in [7, 11) is -3.58. The Morgan fingerprint density at radius 3 is 2.24 bits per heavy atom. The summed E-state index contributed by atoms with van der Waals surface area (Å²) in [6.07, 6.45) is 0.798. The van der Waals surface area contributed by atoms with E-state index in [1.165, 1.54) is 16.4 Å². The molecule has 0 unspecified atom stereocenters. The standard InChI is InChI=1S/C22H31N3O3S/c1-4-24(20-13-8-7-9-14-20)17-11-16-23-22(26)19-12-10-15-21(18-19)29(27,28)25(5-2)6-3/h7-10,12-15,18H,4-6,11,16-17H2,1-3H3,(H,23,26). The highest BCUT2D eigenvalue weighted by Crippen LogP contribution is 2.17. The molecule has 6 nitrogen and oxygen atoms in total. The molecule has 0 bridgehead atoms. The molecular formula is C22H31N3O3S. The van der Waals surface area contributed by atoms with Crippen LogP contribution in [-0.2, 0) is 10.0 Å². The van der Waals surface area contributed by atoms with Crippen LogP contribution in [0, 0.1) is 0 Å². The second-order valence-electron chi connectivity index (χ2n) is 6.64. The van der Waals surface area contributed by atoms with Crippen LogP contribution in [0.2, 0.25) is 0 Å². The number of hydrogen-bond donors (Lipinski definition) is 1. The third-order valence-corrected chi connectivity index (χ3v) is 6.88. The van der Waals surface area contributed by atoms with Gasteiger partial charge in [-0.05, 0) is 43.7 Å². The molecule has 0 aliphatic carbocycles. The number of para-hydroxylation sites is 1. The molecule has 0 aromatic heterocycles. The third kappa shape index (κ3) is 6.05. The molecule has 158 valence electrons. The summed E-state index contributed by atoms with van der Waals surface area (Å²) in [4.78, 5) is 14.9. The second-order valence-corrected chi connectivity index (χ2v) is 8.58. The third-order valence-electron chi connectivity index (χ3n) is 4.83. The van der Waals surface area contributed by atoms with Crippen LogP contribution in [0.1, 0.15) is 37.6 Å². The number of nitrogens with zero attached hydrogens (tertiary/aromatic N) is 2. The summed E-state index contributed by atoms with van der Waals surface area (Å²) in [5.74, 6) is -0.260. The largest absolute Gasteiger partial charge is 0.372 e. The van der Waals surface area contributed by atoms with Crippen molar-refractivity contribution in [1.29, 1.82) is 0 Å². The van der Waals surface area contributed by atoms with Crippen molar-refractivity contribution in [2.24, 2.45) is 0 Å². The lowest BCUT2D eigenvalue weighted by Gasteiger charge is -2.23. The molecule has 0 saturated carbocycles. The van der Waals surface area contributed by atoms with Gasteiger partial charge in [0.1, 0.15) is 0 Å². The zero-order valence-corrected chi connectivity index (χ0v) is 18.3. The summed E-state index contributed by atoms with van der Waals surface area (Å²) >= 11 is 0. The van der Waals surface area contributed by atoms with Crippen LogP contribution in [0.3, 0.4) is 0 Å². The lowest BCUT2D eigenvalue weighted by Crippen LogP contribution is -2.31. The predicted molar refractivity (Wildman–Crippen MR) is 118 cm³/mol. The highest BCUT2D eigenvalue weighted by molar-refractivity contribution is 7.89. The number of carbonyl (C=O) groups is 1. The summed E-state index contributed by atoms with van der Waals surface area (Å²) in [6, 6.07) is 16.4. The van der Waals surface area contributed by atoms with E-state index in [9.17, 15) is 13.2 Å². The fourth-order valence-corrected chi connectivity index (χ4v) is 4.70. The minimum Gasteiger partial charge on any atom is -0.372 e. The van der Waals surface area contributed by atoms with Gasteiger partial charge in [0, 0.05) is 44.0 Å². The van der Waals surface area contributed by atoms with E-state index in [2.05, 4.69) is 29.3 Å². The average molecular weight is 418 g/mol.